The van der Waals surface area contributed by atoms with Gasteiger partial charge in [-0.2, -0.15) is 0 Å². The molecule has 0 heterocycles. The highest BCUT2D eigenvalue weighted by atomic mass is 79.9. The van der Waals surface area contributed by atoms with Crippen LogP contribution in [0.1, 0.15) is 6.92 Å². The molecule has 0 bridgehead atoms. The highest BCUT2D eigenvalue weighted by molar-refractivity contribution is 9.10. The average Bonchev–Trinajstić information content (AvgIpc) is 2.26. The van der Waals surface area contributed by atoms with Crippen LogP contribution in [-0.4, -0.2) is 50.4 Å². The van der Waals surface area contributed by atoms with Crippen molar-refractivity contribution in [2.75, 3.05) is 25.9 Å². The first kappa shape index (κ1) is 15.6. The van der Waals surface area contributed by atoms with Crippen LogP contribution in [-0.2, 0) is 9.84 Å². The number of halogens is 1. The highest BCUT2D eigenvalue weighted by Gasteiger charge is 2.15. The molecular formula is C12H18BrNO3S. The largest absolute Gasteiger partial charge is 0.392 e. The van der Waals surface area contributed by atoms with E-state index in [0.717, 1.165) is 4.47 Å². The summed E-state index contributed by atoms with van der Waals surface area (Å²) in [5.41, 5.74) is 0. The molecule has 0 saturated carbocycles. The summed E-state index contributed by atoms with van der Waals surface area (Å²) in [5, 5.41) is 9.20. The van der Waals surface area contributed by atoms with Gasteiger partial charge in [-0.15, -0.1) is 0 Å². The number of rotatable bonds is 6. The van der Waals surface area contributed by atoms with Gasteiger partial charge in [-0.05, 0) is 38.2 Å². The van der Waals surface area contributed by atoms with Gasteiger partial charge in [0, 0.05) is 17.6 Å². The van der Waals surface area contributed by atoms with Gasteiger partial charge in [-0.3, -0.25) is 0 Å². The first-order valence-corrected chi connectivity index (χ1v) is 8.11. The van der Waals surface area contributed by atoms with Crippen LogP contribution in [0, 0.1) is 0 Å². The Morgan fingerprint density at radius 2 is 1.89 bits per heavy atom. The minimum Gasteiger partial charge on any atom is -0.392 e. The molecule has 18 heavy (non-hydrogen) atoms. The molecule has 1 aromatic carbocycles. The predicted octanol–water partition coefficient (Wildman–Crippen LogP) is 1.54. The Morgan fingerprint density at radius 1 is 1.33 bits per heavy atom. The summed E-state index contributed by atoms with van der Waals surface area (Å²) in [5.74, 6) is 0.0534. The van der Waals surface area contributed by atoms with Crippen molar-refractivity contribution in [3.8, 4) is 0 Å². The smallest absolute Gasteiger partial charge is 0.179 e. The topological polar surface area (TPSA) is 57.6 Å². The lowest BCUT2D eigenvalue weighted by Gasteiger charge is -2.18. The van der Waals surface area contributed by atoms with E-state index in [1.54, 1.807) is 43.1 Å². The van der Waals surface area contributed by atoms with Crippen LogP contribution in [0.4, 0.5) is 0 Å². The number of hydrogen-bond acceptors (Lipinski definition) is 4. The van der Waals surface area contributed by atoms with Gasteiger partial charge in [0.25, 0.3) is 0 Å². The molecule has 0 aliphatic rings. The van der Waals surface area contributed by atoms with Crippen LogP contribution >= 0.6 is 15.9 Å². The van der Waals surface area contributed by atoms with Crippen molar-refractivity contribution in [2.24, 2.45) is 0 Å². The van der Waals surface area contributed by atoms with Crippen molar-refractivity contribution in [2.45, 2.75) is 17.9 Å². The molecule has 0 fully saturated rings. The molecule has 1 aromatic rings. The van der Waals surface area contributed by atoms with Crippen molar-refractivity contribution in [3.05, 3.63) is 28.7 Å². The molecule has 0 radical (unpaired) electrons. The van der Waals surface area contributed by atoms with Gasteiger partial charge < -0.3 is 10.0 Å². The van der Waals surface area contributed by atoms with E-state index in [0.29, 0.717) is 18.0 Å². The molecule has 1 rings (SSSR count). The van der Waals surface area contributed by atoms with E-state index in [1.165, 1.54) is 0 Å². The molecule has 0 aliphatic heterocycles. The third kappa shape index (κ3) is 5.06. The average molecular weight is 336 g/mol. The molecule has 1 atom stereocenters. The Balaban J connectivity index is 2.63. The van der Waals surface area contributed by atoms with E-state index in [2.05, 4.69) is 15.9 Å². The first-order chi connectivity index (χ1) is 8.31. The number of nitrogens with zero attached hydrogens (tertiary/aromatic N) is 1. The Morgan fingerprint density at radius 3 is 2.39 bits per heavy atom. The number of hydrogen-bond donors (Lipinski definition) is 1. The molecule has 0 spiro atoms. The molecule has 6 heteroatoms. The SMILES string of the molecule is CC(O)CN(C)CCS(=O)(=O)c1ccc(Br)cc1. The van der Waals surface area contributed by atoms with Gasteiger partial charge >= 0.3 is 0 Å². The summed E-state index contributed by atoms with van der Waals surface area (Å²) in [7, 11) is -1.46. The monoisotopic (exact) mass is 335 g/mol. The van der Waals surface area contributed by atoms with Gasteiger partial charge in [-0.25, -0.2) is 8.42 Å². The maximum Gasteiger partial charge on any atom is 0.179 e. The fourth-order valence-corrected chi connectivity index (χ4v) is 3.18. The van der Waals surface area contributed by atoms with Crippen LogP contribution < -0.4 is 0 Å². The summed E-state index contributed by atoms with van der Waals surface area (Å²) in [6.07, 6.45) is -0.453. The van der Waals surface area contributed by atoms with E-state index < -0.39 is 15.9 Å². The zero-order chi connectivity index (χ0) is 13.8. The van der Waals surface area contributed by atoms with E-state index in [1.807, 2.05) is 0 Å². The van der Waals surface area contributed by atoms with Gasteiger partial charge in [0.1, 0.15) is 0 Å². The molecule has 0 amide bonds. The second-order valence-corrected chi connectivity index (χ2v) is 7.41. The molecule has 102 valence electrons. The van der Waals surface area contributed by atoms with Crippen molar-refractivity contribution in [1.82, 2.24) is 4.90 Å². The number of aliphatic hydroxyl groups excluding tert-OH is 1. The highest BCUT2D eigenvalue weighted by Crippen LogP contribution is 2.15. The molecule has 1 unspecified atom stereocenters. The zero-order valence-corrected chi connectivity index (χ0v) is 12.9. The number of likely N-dealkylation sites (N-methyl/N-ethyl adjacent to an activating group) is 1. The van der Waals surface area contributed by atoms with Crippen LogP contribution in [0.15, 0.2) is 33.6 Å². The predicted molar refractivity (Wildman–Crippen MR) is 75.4 cm³/mol. The second-order valence-electron chi connectivity index (χ2n) is 4.38. The van der Waals surface area contributed by atoms with Gasteiger partial charge in [-0.1, -0.05) is 15.9 Å². The normalized spacial score (nSPS) is 13.8. The Kier molecular flexibility index (Phi) is 5.78. The Hall–Kier alpha value is -0.430. The molecule has 1 N–H and O–H groups in total. The fourth-order valence-electron chi connectivity index (χ4n) is 1.58. The van der Waals surface area contributed by atoms with Crippen LogP contribution in [0.5, 0.6) is 0 Å². The van der Waals surface area contributed by atoms with Gasteiger partial charge in [0.15, 0.2) is 9.84 Å². The summed E-state index contributed by atoms with van der Waals surface area (Å²) >= 11 is 3.27. The maximum absolute atomic E-state index is 12.0. The van der Waals surface area contributed by atoms with E-state index in [-0.39, 0.29) is 5.75 Å². The van der Waals surface area contributed by atoms with Crippen LogP contribution in [0.25, 0.3) is 0 Å². The molecule has 0 aliphatic carbocycles. The molecular weight excluding hydrogens is 318 g/mol. The van der Waals surface area contributed by atoms with Crippen molar-refractivity contribution < 1.29 is 13.5 Å². The lowest BCUT2D eigenvalue weighted by Crippen LogP contribution is -2.31. The summed E-state index contributed by atoms with van der Waals surface area (Å²) in [4.78, 5) is 2.14. The van der Waals surface area contributed by atoms with Crippen LogP contribution in [0.3, 0.4) is 0 Å². The second kappa shape index (κ2) is 6.65. The van der Waals surface area contributed by atoms with Crippen molar-refractivity contribution >= 4 is 25.8 Å². The molecule has 0 aromatic heterocycles. The molecule has 4 nitrogen and oxygen atoms in total. The van der Waals surface area contributed by atoms with E-state index >= 15 is 0 Å². The van der Waals surface area contributed by atoms with E-state index in [9.17, 15) is 13.5 Å². The third-order valence-electron chi connectivity index (χ3n) is 2.49. The number of sulfone groups is 1. The standard InChI is InChI=1S/C12H18BrNO3S/c1-10(15)9-14(2)7-8-18(16,17)12-5-3-11(13)4-6-12/h3-6,10,15H,7-9H2,1-2H3. The van der Waals surface area contributed by atoms with Gasteiger partial charge in [0.2, 0.25) is 0 Å². The van der Waals surface area contributed by atoms with Crippen molar-refractivity contribution in [3.63, 3.8) is 0 Å². The van der Waals surface area contributed by atoms with E-state index in [4.69, 9.17) is 0 Å². The molecule has 0 saturated heterocycles. The summed E-state index contributed by atoms with van der Waals surface area (Å²) in [6.45, 7) is 2.55. The Bertz CT molecular complexity index is 471. The summed E-state index contributed by atoms with van der Waals surface area (Å²) in [6, 6.07) is 6.61. The first-order valence-electron chi connectivity index (χ1n) is 5.66. The summed E-state index contributed by atoms with van der Waals surface area (Å²) < 4.78 is 24.9. The van der Waals surface area contributed by atoms with Crippen LogP contribution in [0.2, 0.25) is 0 Å². The number of benzene rings is 1. The minimum absolute atomic E-state index is 0.0534. The third-order valence-corrected chi connectivity index (χ3v) is 4.73. The Labute approximate surface area is 117 Å². The quantitative estimate of drug-likeness (QED) is 0.856. The number of aliphatic hydroxyl groups is 1. The maximum atomic E-state index is 12.0. The lowest BCUT2D eigenvalue weighted by atomic mass is 10.4. The lowest BCUT2D eigenvalue weighted by molar-refractivity contribution is 0.145. The minimum atomic E-state index is -3.25. The fraction of sp³-hybridized carbons (Fsp3) is 0.500. The zero-order valence-electron chi connectivity index (χ0n) is 10.5. The van der Waals surface area contributed by atoms with Crippen molar-refractivity contribution in [1.29, 1.82) is 0 Å². The van der Waals surface area contributed by atoms with Gasteiger partial charge in [0.05, 0.1) is 16.8 Å².